The lowest BCUT2D eigenvalue weighted by Gasteiger charge is -2.00. The van der Waals surface area contributed by atoms with E-state index in [0.29, 0.717) is 23.1 Å². The molecule has 1 heterocycles. The molecule has 5 nitrogen and oxygen atoms in total. The van der Waals surface area contributed by atoms with Gasteiger partial charge in [-0.05, 0) is 36.1 Å². The minimum Gasteiger partial charge on any atom is -0.399 e. The number of aromatic nitrogens is 2. The summed E-state index contributed by atoms with van der Waals surface area (Å²) in [6, 6.07) is 5.11. The average molecular weight is 299 g/mol. The molecule has 19 heavy (non-hydrogen) atoms. The molecule has 0 radical (unpaired) electrons. The van der Waals surface area contributed by atoms with Crippen molar-refractivity contribution >= 4 is 38.3 Å². The van der Waals surface area contributed by atoms with Gasteiger partial charge >= 0.3 is 0 Å². The molecule has 1 aromatic carbocycles. The van der Waals surface area contributed by atoms with Crippen molar-refractivity contribution < 1.29 is 8.42 Å². The Morgan fingerprint density at radius 3 is 2.95 bits per heavy atom. The standard InChI is InChI=1S/C12H17N3O2S2/c1-2-18-6-3-7-19(16,17)12-14-10-5-4-9(13)8-11(10)15-12/h4-5,8H,2-3,6-7,13H2,1H3,(H,14,15). The van der Waals surface area contributed by atoms with Crippen LogP contribution >= 0.6 is 11.8 Å². The molecule has 1 aromatic heterocycles. The minimum atomic E-state index is -3.34. The fourth-order valence-electron chi connectivity index (χ4n) is 1.74. The number of imidazole rings is 1. The fraction of sp³-hybridized carbons (Fsp3) is 0.417. The zero-order chi connectivity index (χ0) is 13.9. The van der Waals surface area contributed by atoms with E-state index in [0.717, 1.165) is 11.5 Å². The molecule has 7 heteroatoms. The molecular weight excluding hydrogens is 282 g/mol. The van der Waals surface area contributed by atoms with Crippen molar-refractivity contribution in [2.45, 2.75) is 18.5 Å². The fourth-order valence-corrected chi connectivity index (χ4v) is 3.78. The number of H-pyrrole nitrogens is 1. The van der Waals surface area contributed by atoms with Crippen molar-refractivity contribution in [2.24, 2.45) is 0 Å². The first-order valence-electron chi connectivity index (χ1n) is 6.08. The summed E-state index contributed by atoms with van der Waals surface area (Å²) >= 11 is 1.74. The molecule has 0 aliphatic rings. The lowest BCUT2D eigenvalue weighted by Crippen LogP contribution is -2.09. The summed E-state index contributed by atoms with van der Waals surface area (Å²) in [4.78, 5) is 6.95. The molecule has 3 N–H and O–H groups in total. The number of nitrogen functional groups attached to an aromatic ring is 1. The summed E-state index contributed by atoms with van der Waals surface area (Å²) in [6.45, 7) is 2.06. The third kappa shape index (κ3) is 3.42. The molecule has 0 spiro atoms. The number of anilines is 1. The Bertz CT molecular complexity index is 665. The molecule has 0 bridgehead atoms. The van der Waals surface area contributed by atoms with Crippen molar-refractivity contribution in [3.63, 3.8) is 0 Å². The number of fused-ring (bicyclic) bond motifs is 1. The van der Waals surface area contributed by atoms with Gasteiger partial charge in [0.25, 0.3) is 0 Å². The predicted molar refractivity (Wildman–Crippen MR) is 80.2 cm³/mol. The Kier molecular flexibility index (Phi) is 4.36. The van der Waals surface area contributed by atoms with E-state index in [9.17, 15) is 8.42 Å². The number of aromatic amines is 1. The van der Waals surface area contributed by atoms with Gasteiger partial charge in [0.05, 0.1) is 16.8 Å². The topological polar surface area (TPSA) is 88.8 Å². The number of nitrogens with two attached hydrogens (primary N) is 1. The smallest absolute Gasteiger partial charge is 0.226 e. The van der Waals surface area contributed by atoms with Crippen molar-refractivity contribution in [2.75, 3.05) is 23.0 Å². The van der Waals surface area contributed by atoms with Crippen LogP contribution in [0.3, 0.4) is 0 Å². The van der Waals surface area contributed by atoms with Crippen molar-refractivity contribution in [1.29, 1.82) is 0 Å². The predicted octanol–water partition coefficient (Wildman–Crippen LogP) is 2.06. The molecule has 0 aliphatic carbocycles. The van der Waals surface area contributed by atoms with Gasteiger partial charge in [0.15, 0.2) is 0 Å². The monoisotopic (exact) mass is 299 g/mol. The number of benzene rings is 1. The van der Waals surface area contributed by atoms with E-state index in [1.807, 2.05) is 0 Å². The van der Waals surface area contributed by atoms with Crippen LogP contribution in [0.1, 0.15) is 13.3 Å². The van der Waals surface area contributed by atoms with Crippen LogP contribution < -0.4 is 5.73 Å². The zero-order valence-corrected chi connectivity index (χ0v) is 12.4. The zero-order valence-electron chi connectivity index (χ0n) is 10.7. The number of thioether (sulfide) groups is 1. The highest BCUT2D eigenvalue weighted by molar-refractivity contribution is 7.99. The molecule has 0 aliphatic heterocycles. The highest BCUT2D eigenvalue weighted by atomic mass is 32.2. The summed E-state index contributed by atoms with van der Waals surface area (Å²) < 4.78 is 24.2. The van der Waals surface area contributed by atoms with Crippen LogP contribution in [0.4, 0.5) is 5.69 Å². The number of nitrogens with zero attached hydrogens (tertiary/aromatic N) is 1. The van der Waals surface area contributed by atoms with E-state index in [2.05, 4.69) is 16.9 Å². The maximum Gasteiger partial charge on any atom is 0.226 e. The van der Waals surface area contributed by atoms with Gasteiger partial charge in [-0.2, -0.15) is 11.8 Å². The summed E-state index contributed by atoms with van der Waals surface area (Å²) in [5, 5.41) is 0.0367. The van der Waals surface area contributed by atoms with E-state index in [1.165, 1.54) is 0 Å². The van der Waals surface area contributed by atoms with E-state index in [1.54, 1.807) is 30.0 Å². The Morgan fingerprint density at radius 1 is 1.42 bits per heavy atom. The second-order valence-corrected chi connectivity index (χ2v) is 7.61. The van der Waals surface area contributed by atoms with E-state index < -0.39 is 9.84 Å². The van der Waals surface area contributed by atoms with Crippen LogP contribution in [0.5, 0.6) is 0 Å². The van der Waals surface area contributed by atoms with E-state index in [4.69, 9.17) is 5.73 Å². The van der Waals surface area contributed by atoms with E-state index >= 15 is 0 Å². The normalized spacial score (nSPS) is 12.1. The lowest BCUT2D eigenvalue weighted by molar-refractivity contribution is 0.588. The first kappa shape index (κ1) is 14.2. The summed E-state index contributed by atoms with van der Waals surface area (Å²) in [5.74, 6) is 1.97. The summed E-state index contributed by atoms with van der Waals surface area (Å²) in [6.07, 6.45) is 0.639. The maximum atomic E-state index is 12.1. The van der Waals surface area contributed by atoms with Crippen LogP contribution in [-0.4, -0.2) is 35.6 Å². The quantitative estimate of drug-likeness (QED) is 0.629. The molecule has 2 aromatic rings. The third-order valence-corrected chi connectivity index (χ3v) is 5.28. The Balaban J connectivity index is 2.18. The molecule has 104 valence electrons. The van der Waals surface area contributed by atoms with Gasteiger partial charge in [-0.1, -0.05) is 6.92 Å². The molecule has 0 saturated carbocycles. The third-order valence-electron chi connectivity index (χ3n) is 2.68. The lowest BCUT2D eigenvalue weighted by atomic mass is 10.3. The molecule has 0 amide bonds. The van der Waals surface area contributed by atoms with Gasteiger partial charge in [0, 0.05) is 5.69 Å². The summed E-state index contributed by atoms with van der Waals surface area (Å²) in [5.41, 5.74) is 7.51. The van der Waals surface area contributed by atoms with Crippen LogP contribution in [0, 0.1) is 0 Å². The van der Waals surface area contributed by atoms with Crippen molar-refractivity contribution in [3.8, 4) is 0 Å². The van der Waals surface area contributed by atoms with Gasteiger partial charge in [0.2, 0.25) is 15.0 Å². The second kappa shape index (κ2) is 5.83. The van der Waals surface area contributed by atoms with Crippen molar-refractivity contribution in [3.05, 3.63) is 18.2 Å². The maximum absolute atomic E-state index is 12.1. The highest BCUT2D eigenvalue weighted by Gasteiger charge is 2.18. The first-order valence-corrected chi connectivity index (χ1v) is 8.89. The molecule has 0 fully saturated rings. The molecule has 0 unspecified atom stereocenters. The van der Waals surface area contributed by atoms with Gasteiger partial charge in [-0.3, -0.25) is 0 Å². The molecule has 2 rings (SSSR count). The molecular formula is C12H17N3O2S2. The number of hydrogen-bond donors (Lipinski definition) is 2. The largest absolute Gasteiger partial charge is 0.399 e. The van der Waals surface area contributed by atoms with Crippen molar-refractivity contribution in [1.82, 2.24) is 9.97 Å². The van der Waals surface area contributed by atoms with Crippen LogP contribution in [0.25, 0.3) is 11.0 Å². The van der Waals surface area contributed by atoms with E-state index in [-0.39, 0.29) is 10.9 Å². The minimum absolute atomic E-state index is 0.0367. The first-order chi connectivity index (χ1) is 9.03. The number of rotatable bonds is 6. The Labute approximate surface area is 116 Å². The number of nitrogens with one attached hydrogen (secondary N) is 1. The SMILES string of the molecule is CCSCCCS(=O)(=O)c1nc2ccc(N)cc2[nH]1. The van der Waals surface area contributed by atoms with Crippen LogP contribution in [-0.2, 0) is 9.84 Å². The van der Waals surface area contributed by atoms with Gasteiger partial charge in [-0.15, -0.1) is 0 Å². The van der Waals surface area contributed by atoms with Gasteiger partial charge < -0.3 is 10.7 Å². The second-order valence-electron chi connectivity index (χ2n) is 4.19. The van der Waals surface area contributed by atoms with Crippen LogP contribution in [0.15, 0.2) is 23.4 Å². The summed E-state index contributed by atoms with van der Waals surface area (Å²) in [7, 11) is -3.34. The van der Waals surface area contributed by atoms with Gasteiger partial charge in [0.1, 0.15) is 0 Å². The van der Waals surface area contributed by atoms with Gasteiger partial charge in [-0.25, -0.2) is 13.4 Å². The Morgan fingerprint density at radius 2 is 2.21 bits per heavy atom. The van der Waals surface area contributed by atoms with Crippen LogP contribution in [0.2, 0.25) is 0 Å². The molecule has 0 saturated heterocycles. The number of hydrogen-bond acceptors (Lipinski definition) is 5. The Hall–Kier alpha value is -1.21. The highest BCUT2D eigenvalue weighted by Crippen LogP contribution is 2.18. The average Bonchev–Trinajstić information content (AvgIpc) is 2.78. The molecule has 0 atom stereocenters. The number of sulfone groups is 1.